The predicted molar refractivity (Wildman–Crippen MR) is 74.9 cm³/mol. The van der Waals surface area contributed by atoms with Gasteiger partial charge in [0.2, 0.25) is 0 Å². The maximum Gasteiger partial charge on any atom is 0.286 e. The number of carbonyl (C=O) groups excluding carboxylic acids is 1. The van der Waals surface area contributed by atoms with Gasteiger partial charge in [-0.25, -0.2) is 9.97 Å². The van der Waals surface area contributed by atoms with E-state index in [1.165, 1.54) is 42.7 Å². The number of amides is 1. The van der Waals surface area contributed by atoms with Crippen molar-refractivity contribution >= 4 is 11.7 Å². The molecule has 2 aliphatic rings. The van der Waals surface area contributed by atoms with Gasteiger partial charge in [0.1, 0.15) is 11.9 Å². The zero-order valence-electron chi connectivity index (χ0n) is 11.6. The lowest BCUT2D eigenvalue weighted by molar-refractivity contribution is 0.0924. The van der Waals surface area contributed by atoms with Crippen LogP contribution >= 0.6 is 0 Å². The van der Waals surface area contributed by atoms with Gasteiger partial charge in [-0.05, 0) is 31.1 Å². The SMILES string of the molecule is O=C(N[C@H]1CC[C@@H]2CCC[C@@H]21)c1cnc2nc[nH]n2c1=O. The van der Waals surface area contributed by atoms with E-state index < -0.39 is 5.56 Å². The van der Waals surface area contributed by atoms with Gasteiger partial charge in [-0.3, -0.25) is 14.7 Å². The number of hydrogen-bond donors (Lipinski definition) is 2. The van der Waals surface area contributed by atoms with Crippen LogP contribution in [0.1, 0.15) is 42.5 Å². The first-order valence-electron chi connectivity index (χ1n) is 7.46. The fourth-order valence-electron chi connectivity index (χ4n) is 3.94. The van der Waals surface area contributed by atoms with E-state index in [9.17, 15) is 9.59 Å². The van der Waals surface area contributed by atoms with Crippen LogP contribution in [0.15, 0.2) is 17.3 Å². The highest BCUT2D eigenvalue weighted by atomic mass is 16.2. The van der Waals surface area contributed by atoms with Crippen LogP contribution in [0.5, 0.6) is 0 Å². The van der Waals surface area contributed by atoms with Crippen LogP contribution in [0.25, 0.3) is 5.78 Å². The Morgan fingerprint density at radius 1 is 1.29 bits per heavy atom. The Labute approximate surface area is 120 Å². The van der Waals surface area contributed by atoms with E-state index in [1.54, 1.807) is 0 Å². The predicted octanol–water partition coefficient (Wildman–Crippen LogP) is 0.726. The number of aromatic nitrogens is 4. The summed E-state index contributed by atoms with van der Waals surface area (Å²) >= 11 is 0. The van der Waals surface area contributed by atoms with Crippen molar-refractivity contribution in [2.75, 3.05) is 0 Å². The van der Waals surface area contributed by atoms with Gasteiger partial charge in [0.25, 0.3) is 17.2 Å². The summed E-state index contributed by atoms with van der Waals surface area (Å²) in [5.41, 5.74) is -0.339. The molecule has 2 fully saturated rings. The number of carbonyl (C=O) groups is 1. The molecule has 2 saturated carbocycles. The van der Waals surface area contributed by atoms with Crippen molar-refractivity contribution in [3.63, 3.8) is 0 Å². The molecule has 0 aromatic carbocycles. The molecule has 0 aliphatic heterocycles. The minimum atomic E-state index is -0.407. The lowest BCUT2D eigenvalue weighted by Crippen LogP contribution is -2.40. The first kappa shape index (κ1) is 12.6. The molecule has 7 nitrogen and oxygen atoms in total. The molecule has 2 N–H and O–H groups in total. The largest absolute Gasteiger partial charge is 0.349 e. The number of nitrogens with one attached hydrogen (secondary N) is 2. The molecule has 7 heteroatoms. The van der Waals surface area contributed by atoms with Crippen LogP contribution in [0.3, 0.4) is 0 Å². The van der Waals surface area contributed by atoms with E-state index >= 15 is 0 Å². The fraction of sp³-hybridized carbons (Fsp3) is 0.571. The van der Waals surface area contributed by atoms with Crippen LogP contribution < -0.4 is 10.9 Å². The van der Waals surface area contributed by atoms with Gasteiger partial charge in [-0.2, -0.15) is 4.52 Å². The van der Waals surface area contributed by atoms with E-state index in [4.69, 9.17) is 0 Å². The minimum Gasteiger partial charge on any atom is -0.349 e. The molecule has 110 valence electrons. The molecule has 21 heavy (non-hydrogen) atoms. The third-order valence-electron chi connectivity index (χ3n) is 4.95. The monoisotopic (exact) mass is 287 g/mol. The van der Waals surface area contributed by atoms with Crippen LogP contribution in [0.2, 0.25) is 0 Å². The highest BCUT2D eigenvalue weighted by molar-refractivity contribution is 5.93. The smallest absolute Gasteiger partial charge is 0.286 e. The lowest BCUT2D eigenvalue weighted by atomic mass is 9.97. The molecule has 1 amide bonds. The molecule has 0 radical (unpaired) electrons. The van der Waals surface area contributed by atoms with Crippen molar-refractivity contribution in [2.24, 2.45) is 11.8 Å². The second kappa shape index (κ2) is 4.68. The zero-order chi connectivity index (χ0) is 14.4. The van der Waals surface area contributed by atoms with Gasteiger partial charge in [0, 0.05) is 12.2 Å². The Morgan fingerprint density at radius 3 is 3.10 bits per heavy atom. The Bertz CT molecular complexity index is 749. The number of fused-ring (bicyclic) bond motifs is 2. The first-order valence-corrected chi connectivity index (χ1v) is 7.46. The molecule has 2 aromatic rings. The van der Waals surface area contributed by atoms with Crippen molar-refractivity contribution in [3.05, 3.63) is 28.4 Å². The summed E-state index contributed by atoms with van der Waals surface area (Å²) in [6.45, 7) is 0. The average molecular weight is 287 g/mol. The third-order valence-corrected chi connectivity index (χ3v) is 4.95. The van der Waals surface area contributed by atoms with Crippen molar-refractivity contribution in [1.29, 1.82) is 0 Å². The standard InChI is InChI=1S/C14H17N5O2/c20-12(18-11-5-4-8-2-1-3-9(8)11)10-6-15-14-16-7-17-19(14)13(10)21/h6-9,11H,1-5H2,(H,18,20)(H,15,16,17)/t8-,9-,11-/m0/s1. The molecular weight excluding hydrogens is 270 g/mol. The summed E-state index contributed by atoms with van der Waals surface area (Å²) in [5, 5.41) is 5.70. The number of nitrogens with zero attached hydrogens (tertiary/aromatic N) is 3. The van der Waals surface area contributed by atoms with E-state index in [0.717, 1.165) is 12.3 Å². The molecule has 0 bridgehead atoms. The van der Waals surface area contributed by atoms with Crippen molar-refractivity contribution < 1.29 is 4.79 Å². The van der Waals surface area contributed by atoms with Gasteiger partial charge in [-0.15, -0.1) is 0 Å². The highest BCUT2D eigenvalue weighted by Gasteiger charge is 2.39. The number of H-pyrrole nitrogens is 1. The third kappa shape index (κ3) is 1.95. The number of aromatic amines is 1. The molecule has 2 aliphatic carbocycles. The van der Waals surface area contributed by atoms with Crippen molar-refractivity contribution in [1.82, 2.24) is 24.9 Å². The zero-order valence-corrected chi connectivity index (χ0v) is 11.6. The first-order chi connectivity index (χ1) is 10.2. The van der Waals surface area contributed by atoms with Gasteiger partial charge in [0.15, 0.2) is 0 Å². The second-order valence-electron chi connectivity index (χ2n) is 6.01. The summed E-state index contributed by atoms with van der Waals surface area (Å²) in [5.74, 6) is 1.28. The Hall–Kier alpha value is -2.18. The summed E-state index contributed by atoms with van der Waals surface area (Å²) in [7, 11) is 0. The Kier molecular flexibility index (Phi) is 2.80. The summed E-state index contributed by atoms with van der Waals surface area (Å²) in [4.78, 5) is 32.5. The van der Waals surface area contributed by atoms with Gasteiger partial charge < -0.3 is 5.32 Å². The van der Waals surface area contributed by atoms with Gasteiger partial charge in [0.05, 0.1) is 0 Å². The quantitative estimate of drug-likeness (QED) is 0.851. The van der Waals surface area contributed by atoms with Crippen LogP contribution in [-0.4, -0.2) is 31.5 Å². The lowest BCUT2D eigenvalue weighted by Gasteiger charge is -2.19. The summed E-state index contributed by atoms with van der Waals surface area (Å²) in [6, 6.07) is 0.201. The van der Waals surface area contributed by atoms with Gasteiger partial charge in [-0.1, -0.05) is 12.8 Å². The maximum absolute atomic E-state index is 12.4. The molecule has 0 saturated heterocycles. The molecule has 0 spiro atoms. The molecule has 0 unspecified atom stereocenters. The normalized spacial score (nSPS) is 27.9. The van der Waals surface area contributed by atoms with E-state index in [0.29, 0.717) is 5.92 Å². The van der Waals surface area contributed by atoms with Gasteiger partial charge >= 0.3 is 0 Å². The van der Waals surface area contributed by atoms with E-state index in [2.05, 4.69) is 20.4 Å². The number of hydrogen-bond acceptors (Lipinski definition) is 4. The highest BCUT2D eigenvalue weighted by Crippen LogP contribution is 2.43. The van der Waals surface area contributed by atoms with Crippen molar-refractivity contribution in [3.8, 4) is 0 Å². The van der Waals surface area contributed by atoms with Crippen LogP contribution in [0, 0.1) is 11.8 Å². The average Bonchev–Trinajstić information content (AvgIpc) is 3.16. The Balaban J connectivity index is 1.59. The topological polar surface area (TPSA) is 92.2 Å². The molecular formula is C14H17N5O2. The summed E-state index contributed by atoms with van der Waals surface area (Å²) < 4.78 is 1.18. The van der Waals surface area contributed by atoms with Crippen molar-refractivity contribution in [2.45, 2.75) is 38.1 Å². The molecule has 4 rings (SSSR count). The molecule has 2 aromatic heterocycles. The summed E-state index contributed by atoms with van der Waals surface area (Å²) in [6.07, 6.45) is 8.62. The second-order valence-corrected chi connectivity index (χ2v) is 6.01. The maximum atomic E-state index is 12.4. The minimum absolute atomic E-state index is 0.0678. The van der Waals surface area contributed by atoms with Crippen LogP contribution in [-0.2, 0) is 0 Å². The Morgan fingerprint density at radius 2 is 2.19 bits per heavy atom. The molecule has 2 heterocycles. The van der Waals surface area contributed by atoms with E-state index in [1.807, 2.05) is 0 Å². The number of rotatable bonds is 2. The fourth-order valence-corrected chi connectivity index (χ4v) is 3.94. The molecule has 3 atom stereocenters. The van der Waals surface area contributed by atoms with E-state index in [-0.39, 0.29) is 23.3 Å². The van der Waals surface area contributed by atoms with Crippen LogP contribution in [0.4, 0.5) is 0 Å².